The predicted molar refractivity (Wildman–Crippen MR) is 47.8 cm³/mol. The van der Waals surface area contributed by atoms with E-state index in [-0.39, 0.29) is 0 Å². The Morgan fingerprint density at radius 1 is 1.54 bits per heavy atom. The topological polar surface area (TPSA) is 57.2 Å². The lowest BCUT2D eigenvalue weighted by Gasteiger charge is -2.20. The van der Waals surface area contributed by atoms with Crippen LogP contribution in [-0.2, 0) is 0 Å². The molecular formula is C10H13NO2. The van der Waals surface area contributed by atoms with Gasteiger partial charge in [0.15, 0.2) is 0 Å². The molecule has 0 aliphatic carbocycles. The molecule has 0 aliphatic heterocycles. The lowest BCUT2D eigenvalue weighted by atomic mass is 9.87. The van der Waals surface area contributed by atoms with Gasteiger partial charge in [0, 0.05) is 0 Å². The Bertz CT molecular complexity index is 333. The Balaban J connectivity index is 2.92. The van der Waals surface area contributed by atoms with E-state index in [9.17, 15) is 5.11 Å². The fourth-order valence-corrected chi connectivity index (χ4v) is 1.02. The van der Waals surface area contributed by atoms with Crippen LogP contribution in [0.25, 0.3) is 0 Å². The van der Waals surface area contributed by atoms with Gasteiger partial charge in [-0.2, -0.15) is 5.26 Å². The van der Waals surface area contributed by atoms with E-state index in [4.69, 9.17) is 9.68 Å². The van der Waals surface area contributed by atoms with Crippen LogP contribution in [0.1, 0.15) is 31.5 Å². The molecule has 3 nitrogen and oxygen atoms in total. The van der Waals surface area contributed by atoms with Gasteiger partial charge in [0.1, 0.15) is 17.6 Å². The number of aliphatic hydroxyl groups excluding tert-OH is 1. The van der Waals surface area contributed by atoms with Gasteiger partial charge in [-0.25, -0.2) is 0 Å². The van der Waals surface area contributed by atoms with Crippen molar-refractivity contribution in [2.75, 3.05) is 0 Å². The normalized spacial score (nSPS) is 13.8. The molecule has 1 aromatic rings. The lowest BCUT2D eigenvalue weighted by Crippen LogP contribution is -2.19. The van der Waals surface area contributed by atoms with Gasteiger partial charge in [0.05, 0.1) is 11.5 Å². The molecule has 1 unspecified atom stereocenters. The Morgan fingerprint density at radius 3 is 2.54 bits per heavy atom. The number of nitriles is 1. The van der Waals surface area contributed by atoms with Crippen molar-refractivity contribution in [3.05, 3.63) is 23.7 Å². The lowest BCUT2D eigenvalue weighted by molar-refractivity contribution is 0.0649. The smallest absolute Gasteiger partial charge is 0.134 e. The van der Waals surface area contributed by atoms with Crippen LogP contribution in [0.4, 0.5) is 0 Å². The molecule has 13 heavy (non-hydrogen) atoms. The van der Waals surface area contributed by atoms with Crippen LogP contribution in [0.3, 0.4) is 0 Å². The van der Waals surface area contributed by atoms with Crippen molar-refractivity contribution in [1.29, 1.82) is 5.26 Å². The van der Waals surface area contributed by atoms with E-state index in [0.29, 0.717) is 5.76 Å². The van der Waals surface area contributed by atoms with Crippen molar-refractivity contribution in [2.24, 2.45) is 5.41 Å². The van der Waals surface area contributed by atoms with Crippen molar-refractivity contribution in [2.45, 2.75) is 26.9 Å². The summed E-state index contributed by atoms with van der Waals surface area (Å²) < 4.78 is 5.23. The number of rotatable bonds is 2. The summed E-state index contributed by atoms with van der Waals surface area (Å²) in [7, 11) is 0. The van der Waals surface area contributed by atoms with Crippen LogP contribution in [0.2, 0.25) is 0 Å². The van der Waals surface area contributed by atoms with E-state index in [1.165, 1.54) is 0 Å². The van der Waals surface area contributed by atoms with Crippen LogP contribution in [-0.4, -0.2) is 5.11 Å². The van der Waals surface area contributed by atoms with E-state index in [0.717, 1.165) is 5.76 Å². The second kappa shape index (κ2) is 3.23. The zero-order valence-corrected chi connectivity index (χ0v) is 8.03. The van der Waals surface area contributed by atoms with E-state index in [1.54, 1.807) is 32.9 Å². The fourth-order valence-electron chi connectivity index (χ4n) is 1.02. The molecule has 0 spiro atoms. The van der Waals surface area contributed by atoms with Gasteiger partial charge in [-0.05, 0) is 32.9 Å². The highest BCUT2D eigenvalue weighted by Crippen LogP contribution is 2.33. The average Bonchev–Trinajstić information content (AvgIpc) is 2.50. The Kier molecular flexibility index (Phi) is 2.44. The third-order valence-electron chi connectivity index (χ3n) is 2.00. The molecule has 1 rings (SSSR count). The van der Waals surface area contributed by atoms with Crippen molar-refractivity contribution < 1.29 is 9.52 Å². The summed E-state index contributed by atoms with van der Waals surface area (Å²) in [5.41, 5.74) is -0.815. The van der Waals surface area contributed by atoms with E-state index < -0.39 is 11.5 Å². The summed E-state index contributed by atoms with van der Waals surface area (Å²) in [4.78, 5) is 0. The first-order valence-corrected chi connectivity index (χ1v) is 4.13. The number of furan rings is 1. The third-order valence-corrected chi connectivity index (χ3v) is 2.00. The maximum atomic E-state index is 9.75. The Morgan fingerprint density at radius 2 is 2.15 bits per heavy atom. The highest BCUT2D eigenvalue weighted by atomic mass is 16.4. The van der Waals surface area contributed by atoms with Crippen molar-refractivity contribution in [3.63, 3.8) is 0 Å². The monoisotopic (exact) mass is 179 g/mol. The minimum atomic E-state index is -0.869. The van der Waals surface area contributed by atoms with E-state index in [1.807, 2.05) is 6.07 Å². The Labute approximate surface area is 77.6 Å². The highest BCUT2D eigenvalue weighted by molar-refractivity contribution is 5.13. The molecule has 0 bridgehead atoms. The highest BCUT2D eigenvalue weighted by Gasteiger charge is 2.31. The largest absolute Gasteiger partial charge is 0.464 e. The average molecular weight is 179 g/mol. The molecule has 0 aromatic carbocycles. The summed E-state index contributed by atoms with van der Waals surface area (Å²) in [6.07, 6.45) is -0.869. The molecule has 1 heterocycles. The molecule has 0 amide bonds. The van der Waals surface area contributed by atoms with Crippen molar-refractivity contribution in [1.82, 2.24) is 0 Å². The minimum absolute atomic E-state index is 0.448. The van der Waals surface area contributed by atoms with Crippen molar-refractivity contribution >= 4 is 0 Å². The van der Waals surface area contributed by atoms with Crippen LogP contribution < -0.4 is 0 Å². The first-order valence-electron chi connectivity index (χ1n) is 4.13. The molecule has 70 valence electrons. The molecular weight excluding hydrogens is 166 g/mol. The molecule has 0 fully saturated rings. The van der Waals surface area contributed by atoms with Crippen LogP contribution in [0.15, 0.2) is 16.5 Å². The predicted octanol–water partition coefficient (Wildman–Crippen LogP) is 2.17. The van der Waals surface area contributed by atoms with Crippen LogP contribution in [0.5, 0.6) is 0 Å². The molecule has 0 saturated carbocycles. The number of aryl methyl sites for hydroxylation is 1. The SMILES string of the molecule is Cc1ccc(C(O)C(C)(C)C#N)o1. The number of nitrogens with zero attached hydrogens (tertiary/aromatic N) is 1. The molecule has 3 heteroatoms. The maximum absolute atomic E-state index is 9.75. The first-order chi connectivity index (χ1) is 5.97. The van der Waals surface area contributed by atoms with E-state index in [2.05, 4.69) is 0 Å². The van der Waals surface area contributed by atoms with Crippen LogP contribution in [0, 0.1) is 23.7 Å². The summed E-state index contributed by atoms with van der Waals surface area (Å²) in [5.74, 6) is 1.19. The molecule has 1 atom stereocenters. The number of aliphatic hydroxyl groups is 1. The van der Waals surface area contributed by atoms with Gasteiger partial charge < -0.3 is 9.52 Å². The molecule has 1 aromatic heterocycles. The molecule has 0 radical (unpaired) electrons. The standard InChI is InChI=1S/C10H13NO2/c1-7-4-5-8(13-7)9(12)10(2,3)6-11/h4-5,9,12H,1-3H3. The third kappa shape index (κ3) is 1.90. The zero-order valence-electron chi connectivity index (χ0n) is 8.03. The van der Waals surface area contributed by atoms with Gasteiger partial charge in [0.2, 0.25) is 0 Å². The second-order valence-corrected chi connectivity index (χ2v) is 3.68. The quantitative estimate of drug-likeness (QED) is 0.756. The molecule has 1 N–H and O–H groups in total. The summed E-state index contributed by atoms with van der Waals surface area (Å²) >= 11 is 0. The van der Waals surface area contributed by atoms with Crippen molar-refractivity contribution in [3.8, 4) is 6.07 Å². The second-order valence-electron chi connectivity index (χ2n) is 3.68. The van der Waals surface area contributed by atoms with Gasteiger partial charge in [-0.1, -0.05) is 0 Å². The minimum Gasteiger partial charge on any atom is -0.464 e. The van der Waals surface area contributed by atoms with E-state index >= 15 is 0 Å². The maximum Gasteiger partial charge on any atom is 0.134 e. The van der Waals surface area contributed by atoms with Crippen LogP contribution >= 0.6 is 0 Å². The summed E-state index contributed by atoms with van der Waals surface area (Å²) in [5, 5.41) is 18.5. The first kappa shape index (κ1) is 9.82. The zero-order chi connectivity index (χ0) is 10.1. The van der Waals surface area contributed by atoms with Gasteiger partial charge in [-0.15, -0.1) is 0 Å². The van der Waals surface area contributed by atoms with Gasteiger partial charge in [-0.3, -0.25) is 0 Å². The van der Waals surface area contributed by atoms with Gasteiger partial charge in [0.25, 0.3) is 0 Å². The fraction of sp³-hybridized carbons (Fsp3) is 0.500. The summed E-state index contributed by atoms with van der Waals surface area (Å²) in [6.45, 7) is 5.15. The summed E-state index contributed by atoms with van der Waals surface area (Å²) in [6, 6.07) is 5.50. The molecule has 0 saturated heterocycles. The Hall–Kier alpha value is -1.27. The number of hydrogen-bond acceptors (Lipinski definition) is 3. The van der Waals surface area contributed by atoms with Gasteiger partial charge >= 0.3 is 0 Å². The molecule has 0 aliphatic rings. The number of hydrogen-bond donors (Lipinski definition) is 1.